The molecule has 2 aliphatic heterocycles. The Morgan fingerprint density at radius 2 is 1.88 bits per heavy atom. The molecule has 1 aromatic heterocycles. The van der Waals surface area contributed by atoms with E-state index >= 15 is 0 Å². The number of benzene rings is 2. The molecule has 34 heavy (non-hydrogen) atoms. The zero-order chi connectivity index (χ0) is 23.7. The number of nitriles is 1. The molecule has 2 aliphatic rings. The summed E-state index contributed by atoms with van der Waals surface area (Å²) in [5.41, 5.74) is 10.7. The molecule has 1 atom stereocenters. The van der Waals surface area contributed by atoms with Gasteiger partial charge in [0.05, 0.1) is 30.4 Å². The summed E-state index contributed by atoms with van der Waals surface area (Å²) in [4.78, 5) is 14.0. The van der Waals surface area contributed by atoms with Crippen molar-refractivity contribution in [3.8, 4) is 29.0 Å². The van der Waals surface area contributed by atoms with Crippen LogP contribution in [0.25, 0.3) is 11.3 Å². The summed E-state index contributed by atoms with van der Waals surface area (Å²) in [7, 11) is 0. The van der Waals surface area contributed by atoms with Crippen LogP contribution >= 0.6 is 0 Å². The molecule has 1 saturated heterocycles. The number of nitrogens with two attached hydrogens (primary N) is 1. The Hall–Kier alpha value is -4.29. The Morgan fingerprint density at radius 3 is 2.56 bits per heavy atom. The third kappa shape index (κ3) is 3.95. The number of hydrogen-bond acceptors (Lipinski definition) is 7. The molecular weight excluding hydrogens is 434 g/mol. The van der Waals surface area contributed by atoms with E-state index in [0.717, 1.165) is 27.9 Å². The molecule has 9 nitrogen and oxygen atoms in total. The Morgan fingerprint density at radius 1 is 1.18 bits per heavy atom. The first-order chi connectivity index (χ1) is 16.5. The quantitative estimate of drug-likeness (QED) is 0.617. The third-order valence-corrected chi connectivity index (χ3v) is 5.97. The van der Waals surface area contributed by atoms with Gasteiger partial charge < -0.3 is 24.8 Å². The van der Waals surface area contributed by atoms with Gasteiger partial charge in [-0.2, -0.15) is 5.26 Å². The van der Waals surface area contributed by atoms with Crippen LogP contribution in [0.15, 0.2) is 60.0 Å². The number of nitrogens with zero attached hydrogens (tertiary/aromatic N) is 3. The lowest BCUT2D eigenvalue weighted by atomic mass is 9.83. The highest BCUT2D eigenvalue weighted by atomic mass is 16.6. The summed E-state index contributed by atoms with van der Waals surface area (Å²) in [5.74, 6) is 0.270. The number of amides is 1. The fourth-order valence-electron chi connectivity index (χ4n) is 4.16. The Labute approximate surface area is 196 Å². The largest absolute Gasteiger partial charge is 0.420 e. The standard InChI is InChI=1S/C25H23N5O4/c1-15-2-4-17(5-3-15)22-21-20(19(14-26)23(27)34-24(21)29-28-22)16-6-8-18(9-7-16)33-25(31)30-10-12-32-13-11-30/h2-9,20H,10-13,27H2,1H3,(H,28,29)/t20-/m1/s1. The van der Waals surface area contributed by atoms with Crippen LogP contribution in [0.1, 0.15) is 22.6 Å². The van der Waals surface area contributed by atoms with Crippen molar-refractivity contribution in [1.29, 1.82) is 5.26 Å². The molecule has 1 fully saturated rings. The minimum absolute atomic E-state index is 0.0183. The van der Waals surface area contributed by atoms with E-state index < -0.39 is 12.0 Å². The summed E-state index contributed by atoms with van der Waals surface area (Å²) in [6, 6.07) is 17.2. The minimum Gasteiger partial charge on any atom is -0.420 e. The first-order valence-electron chi connectivity index (χ1n) is 10.9. The molecule has 3 heterocycles. The molecule has 9 heteroatoms. The van der Waals surface area contributed by atoms with Crippen LogP contribution in [0.2, 0.25) is 0 Å². The van der Waals surface area contributed by atoms with Crippen molar-refractivity contribution >= 4 is 6.09 Å². The maximum atomic E-state index is 12.4. The summed E-state index contributed by atoms with van der Waals surface area (Å²) in [6.07, 6.45) is -0.414. The summed E-state index contributed by atoms with van der Waals surface area (Å²) in [6.45, 7) is 4.01. The fraction of sp³-hybridized carbons (Fsp3) is 0.240. The topological polar surface area (TPSA) is 126 Å². The number of nitrogens with one attached hydrogen (secondary N) is 1. The van der Waals surface area contributed by atoms with Gasteiger partial charge in [0.1, 0.15) is 17.4 Å². The number of aromatic nitrogens is 2. The molecule has 0 saturated carbocycles. The molecule has 3 N–H and O–H groups in total. The predicted molar refractivity (Wildman–Crippen MR) is 123 cm³/mol. The first kappa shape index (κ1) is 21.6. The molecule has 1 amide bonds. The lowest BCUT2D eigenvalue weighted by Crippen LogP contribution is -2.42. The molecule has 5 rings (SSSR count). The first-order valence-corrected chi connectivity index (χ1v) is 10.9. The van der Waals surface area contributed by atoms with Crippen LogP contribution in [0.3, 0.4) is 0 Å². The second kappa shape index (κ2) is 8.92. The lowest BCUT2D eigenvalue weighted by Gasteiger charge is -2.26. The van der Waals surface area contributed by atoms with Gasteiger partial charge in [-0.3, -0.25) is 5.10 Å². The van der Waals surface area contributed by atoms with E-state index in [9.17, 15) is 10.1 Å². The maximum Gasteiger partial charge on any atom is 0.415 e. The van der Waals surface area contributed by atoms with Crippen LogP contribution in [0, 0.1) is 18.3 Å². The van der Waals surface area contributed by atoms with Gasteiger partial charge in [0.2, 0.25) is 11.8 Å². The molecule has 0 unspecified atom stereocenters. The van der Waals surface area contributed by atoms with Crippen LogP contribution in [0.4, 0.5) is 4.79 Å². The zero-order valence-electron chi connectivity index (χ0n) is 18.6. The predicted octanol–water partition coefficient (Wildman–Crippen LogP) is 3.43. The fourth-order valence-corrected chi connectivity index (χ4v) is 4.16. The number of allylic oxidation sites excluding steroid dienone is 1. The monoisotopic (exact) mass is 457 g/mol. The van der Waals surface area contributed by atoms with Gasteiger partial charge in [-0.25, -0.2) is 4.79 Å². The van der Waals surface area contributed by atoms with Gasteiger partial charge in [-0.1, -0.05) is 42.0 Å². The minimum atomic E-state index is -0.493. The van der Waals surface area contributed by atoms with Gasteiger partial charge in [0.15, 0.2) is 0 Å². The number of hydrogen-bond donors (Lipinski definition) is 2. The van der Waals surface area contributed by atoms with Gasteiger partial charge in [-0.05, 0) is 24.6 Å². The van der Waals surface area contributed by atoms with E-state index in [-0.39, 0.29) is 5.88 Å². The number of ether oxygens (including phenoxy) is 3. The van der Waals surface area contributed by atoms with E-state index in [1.165, 1.54) is 0 Å². The zero-order valence-corrected chi connectivity index (χ0v) is 18.6. The molecule has 0 radical (unpaired) electrons. The number of aromatic amines is 1. The van der Waals surface area contributed by atoms with Gasteiger partial charge in [0, 0.05) is 18.7 Å². The number of H-pyrrole nitrogens is 1. The van der Waals surface area contributed by atoms with Crippen LogP contribution in [-0.4, -0.2) is 47.5 Å². The van der Waals surface area contributed by atoms with Crippen LogP contribution in [-0.2, 0) is 4.74 Å². The van der Waals surface area contributed by atoms with E-state index in [0.29, 0.717) is 43.5 Å². The Bertz CT molecular complexity index is 1280. The maximum absolute atomic E-state index is 12.4. The molecule has 0 spiro atoms. The second-order valence-electron chi connectivity index (χ2n) is 8.14. The SMILES string of the molecule is Cc1ccc(-c2[nH]nc3c2[C@H](c2ccc(OC(=O)N4CCOCC4)cc2)C(C#N)=C(N)O3)cc1. The highest BCUT2D eigenvalue weighted by Crippen LogP contribution is 2.45. The normalized spacial score (nSPS) is 17.5. The average Bonchev–Trinajstić information content (AvgIpc) is 3.28. The number of carbonyl (C=O) groups excluding carboxylic acids is 1. The highest BCUT2D eigenvalue weighted by Gasteiger charge is 2.35. The third-order valence-electron chi connectivity index (χ3n) is 5.97. The van der Waals surface area contributed by atoms with Crippen molar-refractivity contribution in [1.82, 2.24) is 15.1 Å². The van der Waals surface area contributed by atoms with Crippen molar-refractivity contribution in [3.05, 3.63) is 76.7 Å². The average molecular weight is 457 g/mol. The molecule has 2 aromatic carbocycles. The van der Waals surface area contributed by atoms with Gasteiger partial charge in [-0.15, -0.1) is 5.10 Å². The summed E-state index contributed by atoms with van der Waals surface area (Å²) >= 11 is 0. The van der Waals surface area contributed by atoms with E-state index in [4.69, 9.17) is 19.9 Å². The Kier molecular flexibility index (Phi) is 5.65. The molecular formula is C25H23N5O4. The van der Waals surface area contributed by atoms with Crippen molar-refractivity contribution < 1.29 is 19.0 Å². The number of carbonyl (C=O) groups is 1. The number of morpholine rings is 1. The number of fused-ring (bicyclic) bond motifs is 1. The van der Waals surface area contributed by atoms with Gasteiger partial charge >= 0.3 is 6.09 Å². The second-order valence-corrected chi connectivity index (χ2v) is 8.14. The van der Waals surface area contributed by atoms with Gasteiger partial charge in [0.25, 0.3) is 0 Å². The number of aryl methyl sites for hydroxylation is 1. The van der Waals surface area contributed by atoms with Crippen LogP contribution in [0.5, 0.6) is 11.6 Å². The molecule has 172 valence electrons. The smallest absolute Gasteiger partial charge is 0.415 e. The molecule has 0 aliphatic carbocycles. The van der Waals surface area contributed by atoms with E-state index in [1.807, 2.05) is 43.3 Å². The highest BCUT2D eigenvalue weighted by molar-refractivity contribution is 5.72. The lowest BCUT2D eigenvalue weighted by molar-refractivity contribution is 0.0416. The van der Waals surface area contributed by atoms with Crippen LogP contribution < -0.4 is 15.2 Å². The van der Waals surface area contributed by atoms with E-state index in [2.05, 4.69) is 16.3 Å². The van der Waals surface area contributed by atoms with Crippen molar-refractivity contribution in [2.24, 2.45) is 5.73 Å². The summed E-state index contributed by atoms with van der Waals surface area (Å²) in [5, 5.41) is 17.2. The van der Waals surface area contributed by atoms with Crippen molar-refractivity contribution in [2.45, 2.75) is 12.8 Å². The van der Waals surface area contributed by atoms with E-state index in [1.54, 1.807) is 17.0 Å². The summed E-state index contributed by atoms with van der Waals surface area (Å²) < 4.78 is 16.5. The Balaban J connectivity index is 1.48. The number of rotatable bonds is 3. The molecule has 3 aromatic rings. The molecule has 0 bridgehead atoms. The van der Waals surface area contributed by atoms with Crippen molar-refractivity contribution in [2.75, 3.05) is 26.3 Å². The van der Waals surface area contributed by atoms with Crippen molar-refractivity contribution in [3.63, 3.8) is 0 Å².